The first kappa shape index (κ1) is 26.0. The molecule has 3 heterocycles. The quantitative estimate of drug-likeness (QED) is 0.197. The van der Waals surface area contributed by atoms with Gasteiger partial charge in [-0.1, -0.05) is 121 Å². The Morgan fingerprint density at radius 1 is 0.383 bits per heavy atom. The molecule has 0 N–H and O–H groups in total. The molecule has 0 unspecified atom stereocenters. The highest BCUT2D eigenvalue weighted by Gasteiger charge is 2.20. The predicted molar refractivity (Wildman–Crippen MR) is 196 cm³/mol. The van der Waals surface area contributed by atoms with Crippen LogP contribution in [-0.4, -0.2) is 9.13 Å². The van der Waals surface area contributed by atoms with Gasteiger partial charge in [-0.15, -0.1) is 0 Å². The van der Waals surface area contributed by atoms with Crippen molar-refractivity contribution in [3.8, 4) is 33.6 Å². The van der Waals surface area contributed by atoms with Gasteiger partial charge in [0.2, 0.25) is 5.71 Å². The van der Waals surface area contributed by atoms with E-state index >= 15 is 0 Å². The van der Waals surface area contributed by atoms with Crippen molar-refractivity contribution >= 4 is 54.8 Å². The van der Waals surface area contributed by atoms with Crippen molar-refractivity contribution in [3.63, 3.8) is 0 Å². The van der Waals surface area contributed by atoms with E-state index in [0.29, 0.717) is 0 Å². The lowest BCUT2D eigenvalue weighted by molar-refractivity contribution is 0.645. The summed E-state index contributed by atoms with van der Waals surface area (Å²) in [5.74, 6) is 0. The molecule has 10 aromatic rings. The first-order valence-electron chi connectivity index (χ1n) is 16.0. The Bertz CT molecular complexity index is 2760. The van der Waals surface area contributed by atoms with Gasteiger partial charge < -0.3 is 8.98 Å². The highest BCUT2D eigenvalue weighted by Crippen LogP contribution is 2.42. The van der Waals surface area contributed by atoms with Gasteiger partial charge in [0.1, 0.15) is 5.58 Å². The Kier molecular flexibility index (Phi) is 5.57. The maximum absolute atomic E-state index is 6.49. The number of benzene rings is 7. The number of rotatable bonds is 4. The molecule has 3 heteroatoms. The molecule has 0 bridgehead atoms. The van der Waals surface area contributed by atoms with Crippen LogP contribution < -0.4 is 0 Å². The molecule has 47 heavy (non-hydrogen) atoms. The van der Waals surface area contributed by atoms with Crippen molar-refractivity contribution in [1.82, 2.24) is 9.13 Å². The number of para-hydroxylation sites is 5. The van der Waals surface area contributed by atoms with Crippen LogP contribution in [0.3, 0.4) is 0 Å². The molecular formula is C44H28N2O. The number of nitrogens with zero attached hydrogens (tertiary/aromatic N) is 2. The van der Waals surface area contributed by atoms with Crippen LogP contribution in [0.1, 0.15) is 0 Å². The van der Waals surface area contributed by atoms with Crippen molar-refractivity contribution in [1.29, 1.82) is 0 Å². The minimum absolute atomic E-state index is 0.877. The second-order valence-corrected chi connectivity index (χ2v) is 12.1. The van der Waals surface area contributed by atoms with Crippen molar-refractivity contribution in [3.05, 3.63) is 170 Å². The van der Waals surface area contributed by atoms with E-state index in [1.54, 1.807) is 0 Å². The molecule has 10 rings (SSSR count). The second kappa shape index (κ2) is 10.1. The fraction of sp³-hybridized carbons (Fsp3) is 0. The highest BCUT2D eigenvalue weighted by atomic mass is 16.3. The molecule has 3 nitrogen and oxygen atoms in total. The summed E-state index contributed by atoms with van der Waals surface area (Å²) in [6, 6.07) is 60.7. The molecule has 3 aromatic heterocycles. The molecule has 0 fully saturated rings. The largest absolute Gasteiger partial charge is 0.439 e. The third-order valence-electron chi connectivity index (χ3n) is 9.54. The first-order valence-corrected chi connectivity index (χ1v) is 16.0. The topological polar surface area (TPSA) is 23.0 Å². The Morgan fingerprint density at radius 2 is 0.979 bits per heavy atom. The highest BCUT2D eigenvalue weighted by molar-refractivity contribution is 6.20. The standard InChI is InChI=1S/C44H28N2O/c1-3-12-32(13-4-1)45-39-20-9-7-16-35(39)36-19-11-18-34(43(36)45)30-24-22-29(23-25-30)31-26-27-40-38(28-31)42-37-17-8-10-21-41(37)47-44(42)46(40)33-14-5-2-6-15-33/h1-28H. The lowest BCUT2D eigenvalue weighted by atomic mass is 9.97. The van der Waals surface area contributed by atoms with Gasteiger partial charge in [-0.2, -0.15) is 0 Å². The van der Waals surface area contributed by atoms with Gasteiger partial charge in [0.15, 0.2) is 0 Å². The molecule has 220 valence electrons. The zero-order valence-corrected chi connectivity index (χ0v) is 25.5. The lowest BCUT2D eigenvalue weighted by Crippen LogP contribution is -1.95. The van der Waals surface area contributed by atoms with E-state index in [2.05, 4.69) is 173 Å². The van der Waals surface area contributed by atoms with E-state index in [1.807, 2.05) is 6.07 Å². The van der Waals surface area contributed by atoms with Gasteiger partial charge in [-0.25, -0.2) is 0 Å². The average Bonchev–Trinajstić information content (AvgIpc) is 3.79. The Labute approximate surface area is 271 Å². The van der Waals surface area contributed by atoms with Gasteiger partial charge in [0, 0.05) is 38.5 Å². The first-order chi connectivity index (χ1) is 23.3. The van der Waals surface area contributed by atoms with Crippen molar-refractivity contribution < 1.29 is 4.42 Å². The summed E-state index contributed by atoms with van der Waals surface area (Å²) in [6.07, 6.45) is 0. The van der Waals surface area contributed by atoms with Crippen LogP contribution in [0.15, 0.2) is 174 Å². The van der Waals surface area contributed by atoms with Crippen LogP contribution in [0.4, 0.5) is 0 Å². The van der Waals surface area contributed by atoms with Crippen LogP contribution in [0.25, 0.3) is 88.4 Å². The van der Waals surface area contributed by atoms with Crippen LogP contribution in [0, 0.1) is 0 Å². The van der Waals surface area contributed by atoms with Crippen molar-refractivity contribution in [2.75, 3.05) is 0 Å². The summed E-state index contributed by atoms with van der Waals surface area (Å²) < 4.78 is 11.1. The molecule has 0 radical (unpaired) electrons. The Morgan fingerprint density at radius 3 is 1.77 bits per heavy atom. The number of hydrogen-bond donors (Lipinski definition) is 0. The zero-order chi connectivity index (χ0) is 30.9. The van der Waals surface area contributed by atoms with E-state index < -0.39 is 0 Å². The summed E-state index contributed by atoms with van der Waals surface area (Å²) in [7, 11) is 0. The number of furan rings is 1. The third-order valence-corrected chi connectivity index (χ3v) is 9.54. The van der Waals surface area contributed by atoms with E-state index in [4.69, 9.17) is 4.42 Å². The van der Waals surface area contributed by atoms with Gasteiger partial charge in [-0.3, -0.25) is 4.57 Å². The third kappa shape index (κ3) is 3.87. The maximum Gasteiger partial charge on any atom is 0.213 e. The summed E-state index contributed by atoms with van der Waals surface area (Å²) in [5.41, 5.74) is 12.4. The SMILES string of the molecule is c1ccc(-n2c3ccc(-c4ccc(-c5cccc6c7ccccc7n(-c7ccccc7)c56)cc4)cc3c3c4ccccc4oc32)cc1. The molecule has 0 aliphatic rings. The molecule has 0 atom stereocenters. The Hall–Kier alpha value is -6.32. The van der Waals surface area contributed by atoms with E-state index in [1.165, 1.54) is 49.4 Å². The van der Waals surface area contributed by atoms with Crippen molar-refractivity contribution in [2.24, 2.45) is 0 Å². The molecule has 7 aromatic carbocycles. The van der Waals surface area contributed by atoms with Gasteiger partial charge in [-0.05, 0) is 65.2 Å². The summed E-state index contributed by atoms with van der Waals surface area (Å²) in [4.78, 5) is 0. The smallest absolute Gasteiger partial charge is 0.213 e. The van der Waals surface area contributed by atoms with E-state index in [-0.39, 0.29) is 0 Å². The van der Waals surface area contributed by atoms with Crippen LogP contribution in [0.5, 0.6) is 0 Å². The predicted octanol–water partition coefficient (Wildman–Crippen LogP) is 12.0. The molecule has 0 aliphatic heterocycles. The summed E-state index contributed by atoms with van der Waals surface area (Å²) in [6.45, 7) is 0. The zero-order valence-electron chi connectivity index (χ0n) is 25.5. The van der Waals surface area contributed by atoms with E-state index in [0.717, 1.165) is 39.0 Å². The molecule has 0 aliphatic carbocycles. The van der Waals surface area contributed by atoms with Crippen LogP contribution >= 0.6 is 0 Å². The van der Waals surface area contributed by atoms with Crippen LogP contribution in [0.2, 0.25) is 0 Å². The fourth-order valence-electron chi connectivity index (χ4n) is 7.44. The number of hydrogen-bond acceptors (Lipinski definition) is 1. The Balaban J connectivity index is 1.14. The van der Waals surface area contributed by atoms with Gasteiger partial charge in [0.25, 0.3) is 0 Å². The molecule has 0 spiro atoms. The van der Waals surface area contributed by atoms with Crippen molar-refractivity contribution in [2.45, 2.75) is 0 Å². The molecule has 0 saturated heterocycles. The summed E-state index contributed by atoms with van der Waals surface area (Å²) in [5, 5.41) is 6.00. The normalized spacial score (nSPS) is 11.8. The fourth-order valence-corrected chi connectivity index (χ4v) is 7.44. The molecule has 0 amide bonds. The lowest BCUT2D eigenvalue weighted by Gasteiger charge is -2.12. The molecular weight excluding hydrogens is 572 g/mol. The molecule has 0 saturated carbocycles. The van der Waals surface area contributed by atoms with Gasteiger partial charge >= 0.3 is 0 Å². The summed E-state index contributed by atoms with van der Waals surface area (Å²) >= 11 is 0. The average molecular weight is 601 g/mol. The van der Waals surface area contributed by atoms with E-state index in [9.17, 15) is 0 Å². The van der Waals surface area contributed by atoms with Gasteiger partial charge in [0.05, 0.1) is 21.9 Å². The number of aromatic nitrogens is 2. The second-order valence-electron chi connectivity index (χ2n) is 12.1. The minimum atomic E-state index is 0.877. The number of fused-ring (bicyclic) bond motifs is 8. The maximum atomic E-state index is 6.49. The van der Waals surface area contributed by atoms with Crippen LogP contribution in [-0.2, 0) is 0 Å². The monoisotopic (exact) mass is 600 g/mol. The minimum Gasteiger partial charge on any atom is -0.439 e.